The summed E-state index contributed by atoms with van der Waals surface area (Å²) < 4.78 is 5.18. The molecule has 0 spiro atoms. The number of benzene rings is 1. The second-order valence-electron chi connectivity index (χ2n) is 5.87. The van der Waals surface area contributed by atoms with Crippen LogP contribution in [0.1, 0.15) is 9.88 Å². The zero-order valence-corrected chi connectivity index (χ0v) is 15.7. The molecule has 0 fully saturated rings. The van der Waals surface area contributed by atoms with Gasteiger partial charge in [-0.25, -0.2) is 4.98 Å². The maximum absolute atomic E-state index is 10.4. The minimum absolute atomic E-state index is 0.210. The summed E-state index contributed by atoms with van der Waals surface area (Å²) in [5.41, 5.74) is 2.34. The molecule has 0 atom stereocenters. The number of rotatable bonds is 5. The van der Waals surface area contributed by atoms with Gasteiger partial charge >= 0.3 is 0 Å². The quantitative estimate of drug-likeness (QED) is 0.673. The van der Waals surface area contributed by atoms with Crippen molar-refractivity contribution in [3.05, 3.63) is 62.8 Å². The van der Waals surface area contributed by atoms with E-state index in [1.54, 1.807) is 18.4 Å². The van der Waals surface area contributed by atoms with Crippen molar-refractivity contribution in [2.45, 2.75) is 6.54 Å². The van der Waals surface area contributed by atoms with Crippen LogP contribution in [0.15, 0.2) is 52.9 Å². The smallest absolute Gasteiger partial charge is 0.135 e. The number of aliphatic hydroxyl groups is 1. The Balaban J connectivity index is 1.56. The van der Waals surface area contributed by atoms with E-state index in [0.29, 0.717) is 29.5 Å². The number of thiophene rings is 1. The van der Waals surface area contributed by atoms with Crippen LogP contribution < -0.4 is 4.74 Å². The van der Waals surface area contributed by atoms with Crippen molar-refractivity contribution in [1.29, 1.82) is 5.41 Å². The van der Waals surface area contributed by atoms with Crippen LogP contribution in [-0.2, 0) is 6.54 Å². The van der Waals surface area contributed by atoms with Crippen LogP contribution in [0.5, 0.6) is 5.75 Å². The van der Waals surface area contributed by atoms with Crippen LogP contribution in [0.3, 0.4) is 0 Å². The third-order valence-electron chi connectivity index (χ3n) is 4.21. The Bertz CT molecular complexity index is 959. The highest BCUT2D eigenvalue weighted by Gasteiger charge is 2.30. The molecule has 5 nitrogen and oxygen atoms in total. The van der Waals surface area contributed by atoms with Crippen molar-refractivity contribution in [1.82, 2.24) is 9.88 Å². The zero-order chi connectivity index (χ0) is 18.1. The first-order chi connectivity index (χ1) is 12.7. The molecule has 3 aromatic rings. The summed E-state index contributed by atoms with van der Waals surface area (Å²) in [5.74, 6) is 1.33. The van der Waals surface area contributed by atoms with Crippen molar-refractivity contribution in [2.24, 2.45) is 0 Å². The number of ether oxygens (including phenoxy) is 1. The van der Waals surface area contributed by atoms with E-state index >= 15 is 0 Å². The number of hydrogen-bond acceptors (Lipinski definition) is 6. The first-order valence-corrected chi connectivity index (χ1v) is 9.80. The van der Waals surface area contributed by atoms with Gasteiger partial charge in [0.15, 0.2) is 0 Å². The van der Waals surface area contributed by atoms with Crippen molar-refractivity contribution in [3.8, 4) is 17.0 Å². The van der Waals surface area contributed by atoms with Crippen molar-refractivity contribution < 1.29 is 9.84 Å². The largest absolute Gasteiger partial charge is 0.510 e. The molecule has 1 aliphatic rings. The van der Waals surface area contributed by atoms with Gasteiger partial charge in [0.25, 0.3) is 0 Å². The molecule has 0 bridgehead atoms. The molecule has 1 aliphatic heterocycles. The maximum Gasteiger partial charge on any atom is 0.135 e. The lowest BCUT2D eigenvalue weighted by molar-refractivity contribution is 0.348. The third-order valence-corrected chi connectivity index (χ3v) is 5.93. The van der Waals surface area contributed by atoms with Crippen LogP contribution in [0.25, 0.3) is 16.8 Å². The fraction of sp³-hybridized carbons (Fsp3) is 0.158. The SMILES string of the molecule is COc1ccc(-c2csc(C3=C(O)CN(Cc4cccs4)C3=N)n2)cc1. The highest BCUT2D eigenvalue weighted by atomic mass is 32.1. The fourth-order valence-electron chi connectivity index (χ4n) is 2.87. The van der Waals surface area contributed by atoms with E-state index in [9.17, 15) is 5.11 Å². The molecule has 1 aromatic carbocycles. The van der Waals surface area contributed by atoms with Gasteiger partial charge in [0.2, 0.25) is 0 Å². The van der Waals surface area contributed by atoms with E-state index in [1.807, 2.05) is 52.1 Å². The summed E-state index contributed by atoms with van der Waals surface area (Å²) in [6.45, 7) is 0.976. The van der Waals surface area contributed by atoms with Gasteiger partial charge in [0.1, 0.15) is 22.4 Å². The molecule has 2 N–H and O–H groups in total. The molecule has 132 valence electrons. The summed E-state index contributed by atoms with van der Waals surface area (Å²) in [5, 5.41) is 23.5. The lowest BCUT2D eigenvalue weighted by Crippen LogP contribution is -2.25. The van der Waals surface area contributed by atoms with Crippen molar-refractivity contribution in [2.75, 3.05) is 13.7 Å². The summed E-state index contributed by atoms with van der Waals surface area (Å²) in [7, 11) is 1.64. The average molecular weight is 383 g/mol. The van der Waals surface area contributed by atoms with Crippen molar-refractivity contribution >= 4 is 34.1 Å². The molecule has 7 heteroatoms. The van der Waals surface area contributed by atoms with Crippen molar-refractivity contribution in [3.63, 3.8) is 0 Å². The van der Waals surface area contributed by atoms with E-state index in [1.165, 1.54) is 16.2 Å². The zero-order valence-electron chi connectivity index (χ0n) is 14.1. The molecular formula is C19H17N3O2S2. The minimum Gasteiger partial charge on any atom is -0.510 e. The molecule has 4 rings (SSSR count). The summed E-state index contributed by atoms with van der Waals surface area (Å²) in [6, 6.07) is 11.7. The van der Waals surface area contributed by atoms with Gasteiger partial charge in [-0.1, -0.05) is 6.07 Å². The molecule has 0 unspecified atom stereocenters. The Morgan fingerprint density at radius 1 is 1.23 bits per heavy atom. The van der Waals surface area contributed by atoms with Crippen LogP contribution >= 0.6 is 22.7 Å². The first kappa shape index (κ1) is 16.8. The molecule has 0 radical (unpaired) electrons. The number of hydrogen-bond donors (Lipinski definition) is 2. The average Bonchev–Trinajstić information content (AvgIpc) is 3.38. The standard InChI is InChI=1S/C19H17N3O2S2/c1-24-13-6-4-12(5-7-13)15-11-26-19(21-15)17-16(23)10-22(18(17)20)9-14-3-2-8-25-14/h2-8,11,20,23H,9-10H2,1H3. The third kappa shape index (κ3) is 3.11. The van der Waals surface area contributed by atoms with Gasteiger partial charge in [0, 0.05) is 15.8 Å². The number of nitrogens with one attached hydrogen (secondary N) is 1. The number of aromatic nitrogens is 1. The maximum atomic E-state index is 10.4. The second-order valence-corrected chi connectivity index (χ2v) is 7.76. The minimum atomic E-state index is 0.210. The van der Waals surface area contributed by atoms with Crippen LogP contribution in [-0.4, -0.2) is 34.5 Å². The lowest BCUT2D eigenvalue weighted by atomic mass is 10.1. The normalized spacial score (nSPS) is 14.3. The van der Waals surface area contributed by atoms with E-state index < -0.39 is 0 Å². The lowest BCUT2D eigenvalue weighted by Gasteiger charge is -2.17. The number of methoxy groups -OCH3 is 1. The highest BCUT2D eigenvalue weighted by molar-refractivity contribution is 7.11. The summed E-state index contributed by atoms with van der Waals surface area (Å²) >= 11 is 3.10. The first-order valence-electron chi connectivity index (χ1n) is 8.04. The Labute approximate surface area is 159 Å². The molecule has 0 aliphatic carbocycles. The van der Waals surface area contributed by atoms with E-state index in [-0.39, 0.29) is 5.76 Å². The molecule has 0 amide bonds. The number of nitrogens with zero attached hydrogens (tertiary/aromatic N) is 2. The molecule has 0 saturated carbocycles. The summed E-state index contributed by atoms with van der Waals surface area (Å²) in [4.78, 5) is 7.68. The van der Waals surface area contributed by atoms with Gasteiger partial charge in [-0.05, 0) is 35.7 Å². The van der Waals surface area contributed by atoms with Crippen LogP contribution in [0.2, 0.25) is 0 Å². The van der Waals surface area contributed by atoms with Gasteiger partial charge in [-0.3, -0.25) is 5.41 Å². The monoisotopic (exact) mass is 383 g/mol. The second kappa shape index (κ2) is 6.93. The molecule has 3 heterocycles. The van der Waals surface area contributed by atoms with Crippen LogP contribution in [0.4, 0.5) is 0 Å². The van der Waals surface area contributed by atoms with E-state index in [2.05, 4.69) is 4.98 Å². The fourth-order valence-corrected chi connectivity index (χ4v) is 4.48. The predicted molar refractivity (Wildman–Crippen MR) is 106 cm³/mol. The highest BCUT2D eigenvalue weighted by Crippen LogP contribution is 2.33. The Morgan fingerprint density at radius 3 is 2.73 bits per heavy atom. The molecular weight excluding hydrogens is 366 g/mol. The number of aliphatic hydroxyl groups excluding tert-OH is 1. The summed E-state index contributed by atoms with van der Waals surface area (Å²) in [6.07, 6.45) is 0. The Hall–Kier alpha value is -2.64. The number of amidine groups is 1. The van der Waals surface area contributed by atoms with E-state index in [0.717, 1.165) is 17.0 Å². The topological polar surface area (TPSA) is 69.4 Å². The Kier molecular flexibility index (Phi) is 4.48. The van der Waals surface area contributed by atoms with Gasteiger partial charge in [0.05, 0.1) is 31.5 Å². The molecule has 0 saturated heterocycles. The predicted octanol–water partition coefficient (Wildman–Crippen LogP) is 4.64. The van der Waals surface area contributed by atoms with Gasteiger partial charge in [-0.2, -0.15) is 0 Å². The van der Waals surface area contributed by atoms with Gasteiger partial charge < -0.3 is 14.7 Å². The number of thiazole rings is 1. The van der Waals surface area contributed by atoms with Gasteiger partial charge in [-0.15, -0.1) is 22.7 Å². The van der Waals surface area contributed by atoms with E-state index in [4.69, 9.17) is 10.1 Å². The Morgan fingerprint density at radius 2 is 2.04 bits per heavy atom. The van der Waals surface area contributed by atoms with Crippen LogP contribution in [0, 0.1) is 5.41 Å². The molecule has 26 heavy (non-hydrogen) atoms. The molecule has 2 aromatic heterocycles.